The van der Waals surface area contributed by atoms with E-state index in [9.17, 15) is 18.0 Å². The van der Waals surface area contributed by atoms with Gasteiger partial charge in [-0.2, -0.15) is 13.2 Å². The minimum absolute atomic E-state index is 0.0172. The van der Waals surface area contributed by atoms with Gasteiger partial charge in [-0.15, -0.1) is 10.2 Å². The van der Waals surface area contributed by atoms with Crippen molar-refractivity contribution in [3.63, 3.8) is 0 Å². The summed E-state index contributed by atoms with van der Waals surface area (Å²) in [7, 11) is 0. The fourth-order valence-electron chi connectivity index (χ4n) is 3.32. The first-order valence-corrected chi connectivity index (χ1v) is 10.5. The van der Waals surface area contributed by atoms with Gasteiger partial charge in [0.15, 0.2) is 5.82 Å². The van der Waals surface area contributed by atoms with E-state index in [0.717, 1.165) is 30.7 Å². The summed E-state index contributed by atoms with van der Waals surface area (Å²) in [6.45, 7) is 5.41. The Balaban J connectivity index is 1.55. The van der Waals surface area contributed by atoms with E-state index in [0.29, 0.717) is 17.6 Å². The zero-order valence-electron chi connectivity index (χ0n) is 18.3. The highest BCUT2D eigenvalue weighted by Crippen LogP contribution is 2.37. The van der Waals surface area contributed by atoms with Crippen molar-refractivity contribution in [3.05, 3.63) is 78.5 Å². The Morgan fingerprint density at radius 1 is 1.26 bits per heavy atom. The maximum atomic E-state index is 13.0. The van der Waals surface area contributed by atoms with Gasteiger partial charge in [-0.25, -0.2) is 0 Å². The van der Waals surface area contributed by atoms with Gasteiger partial charge in [0.1, 0.15) is 12.0 Å². The summed E-state index contributed by atoms with van der Waals surface area (Å²) in [6, 6.07) is 8.49. The number of anilines is 1. The Hall–Kier alpha value is -4.08. The number of hydrogen-bond acceptors (Lipinski definition) is 5. The Morgan fingerprint density at radius 2 is 2.06 bits per heavy atom. The van der Waals surface area contributed by atoms with Crippen LogP contribution in [0.2, 0.25) is 0 Å². The quantitative estimate of drug-likeness (QED) is 0.290. The summed E-state index contributed by atoms with van der Waals surface area (Å²) in [5.74, 6) is 0.173. The molecule has 2 heterocycles. The monoisotopic (exact) mass is 466 g/mol. The summed E-state index contributed by atoms with van der Waals surface area (Å²) < 4.78 is 41.0. The number of nitrogens with zero attached hydrogens (tertiary/aromatic N) is 5. The molecule has 7 nitrogen and oxygen atoms in total. The van der Waals surface area contributed by atoms with E-state index in [4.69, 9.17) is 0 Å². The summed E-state index contributed by atoms with van der Waals surface area (Å²) in [5, 5.41) is 11.0. The van der Waals surface area contributed by atoms with Gasteiger partial charge in [-0.05, 0) is 49.6 Å². The molecule has 2 aromatic heterocycles. The maximum Gasteiger partial charge on any atom is 0.417 e. The standard InChI is InChI=1S/C24H21F3N6O/c1-3-29-21(9-15(2)17-10-18(13-28-12-17)24(25,26)27)23(34)31-19-6-4-5-16(11-19)22-32-30-14-33(22)20-7-8-20/h3-6,9-14,20H,2,7-8H2,1H3,(H,31,34)/b21-9-,29-3-. The number of benzene rings is 1. The number of halogens is 3. The van der Waals surface area contributed by atoms with Crippen LogP contribution in [0.1, 0.15) is 36.9 Å². The number of hydrogen-bond donors (Lipinski definition) is 1. The van der Waals surface area contributed by atoms with Crippen LogP contribution in [0.5, 0.6) is 0 Å². The highest BCUT2D eigenvalue weighted by molar-refractivity contribution is 6.06. The molecule has 1 aliphatic carbocycles. The molecule has 1 N–H and O–H groups in total. The number of allylic oxidation sites excluding steroid dienone is 2. The van der Waals surface area contributed by atoms with Crippen molar-refractivity contribution in [3.8, 4) is 11.4 Å². The molecule has 0 atom stereocenters. The Kier molecular flexibility index (Phi) is 6.40. The SMILES string of the molecule is C=C(/C=C(\N=C/C)C(=O)Nc1cccc(-c2nncn2C2CC2)c1)c1cncc(C(F)(F)F)c1. The zero-order chi connectivity index (χ0) is 24.3. The molecule has 174 valence electrons. The minimum Gasteiger partial charge on any atom is -0.321 e. The van der Waals surface area contributed by atoms with E-state index in [1.54, 1.807) is 31.5 Å². The van der Waals surface area contributed by atoms with Crippen LogP contribution in [-0.2, 0) is 11.0 Å². The maximum absolute atomic E-state index is 13.0. The van der Waals surface area contributed by atoms with Gasteiger partial charge >= 0.3 is 6.18 Å². The number of amides is 1. The van der Waals surface area contributed by atoms with Crippen molar-refractivity contribution >= 4 is 23.4 Å². The lowest BCUT2D eigenvalue weighted by Crippen LogP contribution is -2.14. The first-order valence-electron chi connectivity index (χ1n) is 10.5. The van der Waals surface area contributed by atoms with Gasteiger partial charge < -0.3 is 9.88 Å². The van der Waals surface area contributed by atoms with Gasteiger partial charge in [0.05, 0.1) is 5.56 Å². The van der Waals surface area contributed by atoms with Gasteiger partial charge in [0.2, 0.25) is 0 Å². The van der Waals surface area contributed by atoms with E-state index in [-0.39, 0.29) is 16.8 Å². The molecule has 1 fully saturated rings. The third-order valence-corrected chi connectivity index (χ3v) is 5.14. The largest absolute Gasteiger partial charge is 0.417 e. The topological polar surface area (TPSA) is 85.1 Å². The molecule has 0 spiro atoms. The Bertz CT molecular complexity index is 1290. The highest BCUT2D eigenvalue weighted by atomic mass is 19.4. The third-order valence-electron chi connectivity index (χ3n) is 5.14. The molecule has 0 saturated heterocycles. The molecule has 1 saturated carbocycles. The molecule has 3 aromatic rings. The lowest BCUT2D eigenvalue weighted by Gasteiger charge is -2.10. The van der Waals surface area contributed by atoms with Crippen LogP contribution in [-0.4, -0.2) is 31.9 Å². The minimum atomic E-state index is -4.54. The smallest absolute Gasteiger partial charge is 0.321 e. The van der Waals surface area contributed by atoms with Crippen molar-refractivity contribution in [1.29, 1.82) is 0 Å². The first kappa shape index (κ1) is 23.1. The van der Waals surface area contributed by atoms with Crippen LogP contribution in [0.25, 0.3) is 17.0 Å². The van der Waals surface area contributed by atoms with Crippen molar-refractivity contribution in [2.75, 3.05) is 5.32 Å². The molecular weight excluding hydrogens is 445 g/mol. The molecule has 1 amide bonds. The number of alkyl halides is 3. The number of carbonyl (C=O) groups is 1. The zero-order valence-corrected chi connectivity index (χ0v) is 18.3. The van der Waals surface area contributed by atoms with Crippen LogP contribution in [0, 0.1) is 0 Å². The molecular formula is C24H21F3N6O. The second-order valence-electron chi connectivity index (χ2n) is 7.73. The number of rotatable bonds is 7. The van der Waals surface area contributed by atoms with Gasteiger partial charge in [0.25, 0.3) is 5.91 Å². The average Bonchev–Trinajstić information content (AvgIpc) is 3.54. The normalized spacial score (nSPS) is 14.4. The van der Waals surface area contributed by atoms with E-state index >= 15 is 0 Å². The van der Waals surface area contributed by atoms with E-state index < -0.39 is 17.6 Å². The third kappa shape index (κ3) is 5.28. The predicted octanol–water partition coefficient (Wildman–Crippen LogP) is 5.32. The fraction of sp³-hybridized carbons (Fsp3) is 0.208. The number of aliphatic imine (C=N–C) groups is 1. The van der Waals surface area contributed by atoms with Crippen LogP contribution in [0.4, 0.5) is 18.9 Å². The van der Waals surface area contributed by atoms with Crippen LogP contribution in [0.15, 0.2) is 72.4 Å². The molecule has 0 aliphatic heterocycles. The highest BCUT2D eigenvalue weighted by Gasteiger charge is 2.31. The molecule has 4 rings (SSSR count). The van der Waals surface area contributed by atoms with E-state index in [1.807, 2.05) is 10.6 Å². The van der Waals surface area contributed by atoms with Crippen LogP contribution >= 0.6 is 0 Å². The average molecular weight is 466 g/mol. The molecule has 1 aromatic carbocycles. The second-order valence-corrected chi connectivity index (χ2v) is 7.73. The second kappa shape index (κ2) is 9.42. The van der Waals surface area contributed by atoms with Crippen LogP contribution in [0.3, 0.4) is 0 Å². The van der Waals surface area contributed by atoms with Crippen molar-refractivity contribution in [1.82, 2.24) is 19.7 Å². The van der Waals surface area contributed by atoms with Gasteiger partial charge in [-0.1, -0.05) is 18.7 Å². The lowest BCUT2D eigenvalue weighted by atomic mass is 10.1. The molecule has 0 bridgehead atoms. The molecule has 0 unspecified atom stereocenters. The van der Waals surface area contributed by atoms with Crippen LogP contribution < -0.4 is 5.32 Å². The molecule has 10 heteroatoms. The summed E-state index contributed by atoms with van der Waals surface area (Å²) in [4.78, 5) is 20.6. The van der Waals surface area contributed by atoms with E-state index in [2.05, 4.69) is 32.1 Å². The summed E-state index contributed by atoms with van der Waals surface area (Å²) in [6.07, 6.45) is 4.03. The Morgan fingerprint density at radius 3 is 2.76 bits per heavy atom. The predicted molar refractivity (Wildman–Crippen MR) is 123 cm³/mol. The Labute approximate surface area is 193 Å². The summed E-state index contributed by atoms with van der Waals surface area (Å²) >= 11 is 0. The number of pyridine rings is 1. The summed E-state index contributed by atoms with van der Waals surface area (Å²) in [5.41, 5.74) is 0.688. The van der Waals surface area contributed by atoms with Crippen molar-refractivity contribution < 1.29 is 18.0 Å². The van der Waals surface area contributed by atoms with Gasteiger partial charge in [-0.3, -0.25) is 14.8 Å². The van der Waals surface area contributed by atoms with Gasteiger partial charge in [0, 0.05) is 41.5 Å². The fourth-order valence-corrected chi connectivity index (χ4v) is 3.32. The molecule has 1 aliphatic rings. The van der Waals surface area contributed by atoms with Crippen molar-refractivity contribution in [2.45, 2.75) is 32.0 Å². The first-order chi connectivity index (χ1) is 16.3. The number of nitrogens with one attached hydrogen (secondary N) is 1. The molecule has 0 radical (unpaired) electrons. The van der Waals surface area contributed by atoms with Crippen molar-refractivity contribution in [2.24, 2.45) is 4.99 Å². The molecule has 34 heavy (non-hydrogen) atoms. The lowest BCUT2D eigenvalue weighted by molar-refractivity contribution is -0.137. The number of aromatic nitrogens is 4. The van der Waals surface area contributed by atoms with E-state index in [1.165, 1.54) is 18.5 Å². The number of carbonyl (C=O) groups excluding carboxylic acids is 1.